The molecule has 0 amide bonds. The lowest BCUT2D eigenvalue weighted by Crippen LogP contribution is -2.05. The van der Waals surface area contributed by atoms with Gasteiger partial charge in [-0.1, -0.05) is 11.6 Å². The minimum absolute atomic E-state index is 0.213. The average Bonchev–Trinajstić information content (AvgIpc) is 2.07. The highest BCUT2D eigenvalue weighted by Crippen LogP contribution is 2.10. The van der Waals surface area contributed by atoms with E-state index in [2.05, 4.69) is 9.97 Å². The molecule has 4 heteroatoms. The lowest BCUT2D eigenvalue weighted by Gasteiger charge is -1.94. The summed E-state index contributed by atoms with van der Waals surface area (Å²) in [5.41, 5.74) is 0.167. The third-order valence-corrected chi connectivity index (χ3v) is 1.80. The predicted molar refractivity (Wildman–Crippen MR) is 47.4 cm³/mol. The van der Waals surface area contributed by atoms with Crippen LogP contribution in [-0.2, 0) is 0 Å². The molecule has 1 N–H and O–H groups in total. The Kier molecular flexibility index (Phi) is 1.59. The van der Waals surface area contributed by atoms with Gasteiger partial charge in [0, 0.05) is 11.6 Å². The van der Waals surface area contributed by atoms with Gasteiger partial charge < -0.3 is 4.98 Å². The third-order valence-electron chi connectivity index (χ3n) is 1.58. The lowest BCUT2D eigenvalue weighted by molar-refractivity contribution is 1.24. The summed E-state index contributed by atoms with van der Waals surface area (Å²) in [6.45, 7) is 0. The van der Waals surface area contributed by atoms with Crippen molar-refractivity contribution in [1.29, 1.82) is 0 Å². The summed E-state index contributed by atoms with van der Waals surface area (Å²) in [5.74, 6) is 0. The van der Waals surface area contributed by atoms with Crippen molar-refractivity contribution in [3.63, 3.8) is 0 Å². The number of halogens is 1. The largest absolute Gasteiger partial charge is 0.327 e. The normalized spacial score (nSPS) is 10.4. The summed E-state index contributed by atoms with van der Waals surface area (Å²) in [5, 5.41) is 1.13. The van der Waals surface area contributed by atoms with Crippen LogP contribution in [0.15, 0.2) is 29.2 Å². The van der Waals surface area contributed by atoms with E-state index in [-0.39, 0.29) is 5.56 Å². The standard InChI is InChI=1S/C8H5ClN2O/c9-6-2-1-5-3-4-10-8(12)7(5)11-6/h1-4H,(H,10,12). The molecule has 0 fully saturated rings. The van der Waals surface area contributed by atoms with E-state index in [1.54, 1.807) is 24.4 Å². The van der Waals surface area contributed by atoms with Gasteiger partial charge in [-0.3, -0.25) is 4.79 Å². The Morgan fingerprint density at radius 2 is 2.17 bits per heavy atom. The van der Waals surface area contributed by atoms with Gasteiger partial charge in [0.1, 0.15) is 10.7 Å². The molecule has 0 spiro atoms. The molecular formula is C8H5ClN2O. The first-order valence-corrected chi connectivity index (χ1v) is 3.79. The van der Waals surface area contributed by atoms with Crippen molar-refractivity contribution in [2.24, 2.45) is 0 Å². The van der Waals surface area contributed by atoms with Crippen molar-refractivity contribution in [3.8, 4) is 0 Å². The van der Waals surface area contributed by atoms with E-state index in [0.717, 1.165) is 5.39 Å². The molecule has 2 aromatic heterocycles. The molecule has 2 rings (SSSR count). The number of rotatable bonds is 0. The van der Waals surface area contributed by atoms with Crippen molar-refractivity contribution in [2.45, 2.75) is 0 Å². The number of fused-ring (bicyclic) bond motifs is 1. The first-order valence-electron chi connectivity index (χ1n) is 3.41. The first kappa shape index (κ1) is 7.31. The summed E-state index contributed by atoms with van der Waals surface area (Å²) >= 11 is 5.63. The molecule has 0 aliphatic heterocycles. The molecule has 0 saturated carbocycles. The van der Waals surface area contributed by atoms with Gasteiger partial charge in [0.2, 0.25) is 0 Å². The van der Waals surface area contributed by atoms with Crippen LogP contribution in [0.5, 0.6) is 0 Å². The van der Waals surface area contributed by atoms with Crippen molar-refractivity contribution in [1.82, 2.24) is 9.97 Å². The zero-order valence-electron chi connectivity index (χ0n) is 6.04. The summed E-state index contributed by atoms with van der Waals surface area (Å²) in [7, 11) is 0. The topological polar surface area (TPSA) is 45.8 Å². The lowest BCUT2D eigenvalue weighted by atomic mass is 10.3. The molecule has 2 aromatic rings. The Morgan fingerprint density at radius 1 is 1.33 bits per heavy atom. The smallest absolute Gasteiger partial charge is 0.274 e. The number of aromatic amines is 1. The second-order valence-corrected chi connectivity index (χ2v) is 2.77. The number of aromatic nitrogens is 2. The number of pyridine rings is 2. The fourth-order valence-corrected chi connectivity index (χ4v) is 1.19. The second-order valence-electron chi connectivity index (χ2n) is 2.38. The molecule has 3 nitrogen and oxygen atoms in total. The van der Waals surface area contributed by atoms with Gasteiger partial charge >= 0.3 is 0 Å². The predicted octanol–water partition coefficient (Wildman–Crippen LogP) is 1.58. The Labute approximate surface area is 73.0 Å². The Morgan fingerprint density at radius 3 is 3.00 bits per heavy atom. The molecule has 12 heavy (non-hydrogen) atoms. The van der Waals surface area contributed by atoms with Gasteiger partial charge in [0.25, 0.3) is 5.56 Å². The van der Waals surface area contributed by atoms with Crippen LogP contribution in [0.1, 0.15) is 0 Å². The Balaban J connectivity index is 2.98. The molecule has 60 valence electrons. The zero-order valence-corrected chi connectivity index (χ0v) is 6.80. The highest BCUT2D eigenvalue weighted by atomic mass is 35.5. The van der Waals surface area contributed by atoms with Crippen LogP contribution in [0, 0.1) is 0 Å². The molecule has 0 bridgehead atoms. The van der Waals surface area contributed by atoms with Gasteiger partial charge in [-0.25, -0.2) is 4.98 Å². The third kappa shape index (κ3) is 1.08. The molecular weight excluding hydrogens is 176 g/mol. The summed E-state index contributed by atoms with van der Waals surface area (Å²) in [4.78, 5) is 17.6. The molecule has 0 aromatic carbocycles. The van der Waals surface area contributed by atoms with Crippen LogP contribution in [-0.4, -0.2) is 9.97 Å². The Bertz CT molecular complexity index is 478. The minimum Gasteiger partial charge on any atom is -0.327 e. The van der Waals surface area contributed by atoms with Crippen molar-refractivity contribution in [3.05, 3.63) is 39.9 Å². The van der Waals surface area contributed by atoms with Gasteiger partial charge in [-0.05, 0) is 18.2 Å². The van der Waals surface area contributed by atoms with Crippen LogP contribution in [0.3, 0.4) is 0 Å². The molecule has 0 atom stereocenters. The maximum absolute atomic E-state index is 11.2. The molecule has 0 saturated heterocycles. The number of nitrogens with zero attached hydrogens (tertiary/aromatic N) is 1. The summed E-state index contributed by atoms with van der Waals surface area (Å²) in [6.07, 6.45) is 1.58. The zero-order chi connectivity index (χ0) is 8.55. The van der Waals surface area contributed by atoms with E-state index in [1.165, 1.54) is 0 Å². The molecule has 0 unspecified atom stereocenters. The van der Waals surface area contributed by atoms with Crippen molar-refractivity contribution < 1.29 is 0 Å². The highest BCUT2D eigenvalue weighted by molar-refractivity contribution is 6.29. The quantitative estimate of drug-likeness (QED) is 0.626. The maximum atomic E-state index is 11.2. The van der Waals surface area contributed by atoms with Crippen LogP contribution in [0.4, 0.5) is 0 Å². The number of nitrogens with one attached hydrogen (secondary N) is 1. The molecule has 0 aliphatic carbocycles. The van der Waals surface area contributed by atoms with Crippen LogP contribution in [0.2, 0.25) is 5.15 Å². The molecule has 0 radical (unpaired) electrons. The van der Waals surface area contributed by atoms with Gasteiger partial charge in [-0.15, -0.1) is 0 Å². The minimum atomic E-state index is -0.213. The monoisotopic (exact) mass is 180 g/mol. The van der Waals surface area contributed by atoms with E-state index in [0.29, 0.717) is 10.7 Å². The average molecular weight is 181 g/mol. The highest BCUT2D eigenvalue weighted by Gasteiger charge is 1.98. The summed E-state index contributed by atoms with van der Waals surface area (Å²) in [6, 6.07) is 5.20. The van der Waals surface area contributed by atoms with Crippen molar-refractivity contribution in [2.75, 3.05) is 0 Å². The van der Waals surface area contributed by atoms with E-state index >= 15 is 0 Å². The molecule has 0 aliphatic rings. The molecule has 2 heterocycles. The SMILES string of the molecule is O=c1[nH]ccc2ccc(Cl)nc12. The van der Waals surface area contributed by atoms with E-state index in [9.17, 15) is 4.79 Å². The van der Waals surface area contributed by atoms with Crippen LogP contribution < -0.4 is 5.56 Å². The number of hydrogen-bond acceptors (Lipinski definition) is 2. The van der Waals surface area contributed by atoms with Crippen LogP contribution in [0.25, 0.3) is 10.9 Å². The second kappa shape index (κ2) is 2.60. The van der Waals surface area contributed by atoms with E-state index in [4.69, 9.17) is 11.6 Å². The maximum Gasteiger partial charge on any atom is 0.274 e. The van der Waals surface area contributed by atoms with E-state index < -0.39 is 0 Å². The van der Waals surface area contributed by atoms with Gasteiger partial charge in [-0.2, -0.15) is 0 Å². The van der Waals surface area contributed by atoms with Gasteiger partial charge in [0.05, 0.1) is 0 Å². The van der Waals surface area contributed by atoms with Crippen LogP contribution >= 0.6 is 11.6 Å². The summed E-state index contributed by atoms with van der Waals surface area (Å²) < 4.78 is 0. The Hall–Kier alpha value is -1.35. The van der Waals surface area contributed by atoms with Crippen molar-refractivity contribution >= 4 is 22.5 Å². The number of hydrogen-bond donors (Lipinski definition) is 1. The number of H-pyrrole nitrogens is 1. The fourth-order valence-electron chi connectivity index (χ4n) is 1.04. The fraction of sp³-hybridized carbons (Fsp3) is 0. The van der Waals surface area contributed by atoms with Gasteiger partial charge in [0.15, 0.2) is 0 Å². The first-order chi connectivity index (χ1) is 5.77. The van der Waals surface area contributed by atoms with E-state index in [1.807, 2.05) is 0 Å².